The quantitative estimate of drug-likeness (QED) is 0.497. The summed E-state index contributed by atoms with van der Waals surface area (Å²) in [4.78, 5) is 13.9. The van der Waals surface area contributed by atoms with Gasteiger partial charge in [0.05, 0.1) is 10.6 Å². The third kappa shape index (κ3) is 5.76. The van der Waals surface area contributed by atoms with Gasteiger partial charge in [-0.2, -0.15) is 0 Å². The molecule has 3 aromatic rings. The highest BCUT2D eigenvalue weighted by Gasteiger charge is 2.28. The summed E-state index contributed by atoms with van der Waals surface area (Å²) in [6.45, 7) is 0.644. The van der Waals surface area contributed by atoms with Crippen molar-refractivity contribution in [3.05, 3.63) is 79.1 Å². The van der Waals surface area contributed by atoms with Crippen molar-refractivity contribution in [3.63, 3.8) is 0 Å². The van der Waals surface area contributed by atoms with E-state index >= 15 is 0 Å². The highest BCUT2D eigenvalue weighted by molar-refractivity contribution is 7.92. The first-order valence-corrected chi connectivity index (χ1v) is 11.5. The zero-order valence-corrected chi connectivity index (χ0v) is 18.9. The van der Waals surface area contributed by atoms with Gasteiger partial charge in [0.15, 0.2) is 18.9 Å². The summed E-state index contributed by atoms with van der Waals surface area (Å²) in [5.74, 6) is 0.166. The van der Waals surface area contributed by atoms with Gasteiger partial charge in [-0.25, -0.2) is 13.0 Å². The standard InChI is InChI=1S/C23H26N4O4S/c1-25(2)23(28)18-27(32(29,30)22-9-4-3-5-10-22)20-7-6-8-21(17-20)31-16-15-26-13-11-19(24)12-14-26/h3-14,17,24H,15-16,18H2,1-2H3/p+1. The summed E-state index contributed by atoms with van der Waals surface area (Å²) < 4.78 is 35.5. The molecule has 0 aliphatic heterocycles. The molecule has 2 aromatic carbocycles. The highest BCUT2D eigenvalue weighted by Crippen LogP contribution is 2.27. The van der Waals surface area contributed by atoms with Crippen LogP contribution in [0.2, 0.25) is 0 Å². The molecule has 9 heteroatoms. The van der Waals surface area contributed by atoms with Crippen molar-refractivity contribution in [1.29, 1.82) is 0 Å². The molecule has 0 radical (unpaired) electrons. The molecule has 3 rings (SSSR count). The average Bonchev–Trinajstić information content (AvgIpc) is 2.79. The van der Waals surface area contributed by atoms with E-state index < -0.39 is 10.0 Å². The van der Waals surface area contributed by atoms with Gasteiger partial charge in [-0.05, 0) is 24.3 Å². The number of nitrogens with zero attached hydrogens (tertiary/aromatic N) is 3. The predicted octanol–water partition coefficient (Wildman–Crippen LogP) is 1.92. The van der Waals surface area contributed by atoms with Crippen LogP contribution in [0.15, 0.2) is 84.0 Å². The molecule has 1 aromatic heterocycles. The van der Waals surface area contributed by atoms with Crippen LogP contribution in [-0.2, 0) is 21.4 Å². The zero-order chi connectivity index (χ0) is 23.1. The number of rotatable bonds is 9. The fourth-order valence-electron chi connectivity index (χ4n) is 2.91. The minimum atomic E-state index is -3.95. The molecular weight excluding hydrogens is 428 g/mol. The van der Waals surface area contributed by atoms with Crippen molar-refractivity contribution in [3.8, 4) is 5.75 Å². The minimum absolute atomic E-state index is 0.109. The van der Waals surface area contributed by atoms with Gasteiger partial charge in [0.2, 0.25) is 5.91 Å². The van der Waals surface area contributed by atoms with Crippen LogP contribution in [0.25, 0.3) is 0 Å². The van der Waals surface area contributed by atoms with E-state index in [0.717, 1.165) is 4.31 Å². The Balaban J connectivity index is 1.83. The molecule has 0 saturated heterocycles. The van der Waals surface area contributed by atoms with E-state index in [4.69, 9.17) is 10.5 Å². The average molecular weight is 456 g/mol. The summed E-state index contributed by atoms with van der Waals surface area (Å²) in [6, 6.07) is 18.4. The number of hydrogen-bond acceptors (Lipinski definition) is 5. The minimum Gasteiger partial charge on any atom is -0.487 e. The van der Waals surface area contributed by atoms with Crippen LogP contribution < -0.4 is 19.3 Å². The van der Waals surface area contributed by atoms with Crippen LogP contribution in [0.3, 0.4) is 0 Å². The molecule has 1 amide bonds. The molecule has 0 fully saturated rings. The first kappa shape index (κ1) is 23.1. The van der Waals surface area contributed by atoms with Gasteiger partial charge >= 0.3 is 0 Å². The highest BCUT2D eigenvalue weighted by atomic mass is 32.2. The van der Waals surface area contributed by atoms with E-state index in [1.807, 2.05) is 17.0 Å². The second-order valence-electron chi connectivity index (χ2n) is 7.33. The number of nitrogens with two attached hydrogens (primary N) is 1. The van der Waals surface area contributed by atoms with Crippen LogP contribution >= 0.6 is 0 Å². The summed E-state index contributed by atoms with van der Waals surface area (Å²) in [6.07, 6.45) is 3.71. The number of pyridine rings is 1. The number of sulfonamides is 1. The fraction of sp³-hybridized carbons (Fsp3) is 0.217. The van der Waals surface area contributed by atoms with Crippen molar-refractivity contribution >= 4 is 27.3 Å². The molecule has 8 nitrogen and oxygen atoms in total. The maximum Gasteiger partial charge on any atom is 0.264 e. The lowest BCUT2D eigenvalue weighted by atomic mass is 10.3. The Labute approximate surface area is 188 Å². The summed E-state index contributed by atoms with van der Waals surface area (Å²) in [5, 5.41) is 0. The lowest BCUT2D eigenvalue weighted by molar-refractivity contribution is -0.697. The smallest absolute Gasteiger partial charge is 0.264 e. The number of benzene rings is 2. The number of likely N-dealkylation sites (N-methyl/N-ethyl adjacent to an activating group) is 1. The Kier molecular flexibility index (Phi) is 7.32. The van der Waals surface area contributed by atoms with Crippen molar-refractivity contribution in [2.24, 2.45) is 0 Å². The van der Waals surface area contributed by atoms with Crippen LogP contribution in [0.1, 0.15) is 0 Å². The number of anilines is 2. The van der Waals surface area contributed by atoms with Gasteiger partial charge in [0.1, 0.15) is 18.9 Å². The Morgan fingerprint density at radius 3 is 2.34 bits per heavy atom. The number of hydrogen-bond donors (Lipinski definition) is 1. The van der Waals surface area contributed by atoms with Gasteiger partial charge in [0.25, 0.3) is 10.0 Å². The Bertz CT molecular complexity index is 1150. The van der Waals surface area contributed by atoms with Crippen molar-refractivity contribution in [2.45, 2.75) is 11.4 Å². The van der Waals surface area contributed by atoms with E-state index in [0.29, 0.717) is 30.3 Å². The summed E-state index contributed by atoms with van der Waals surface area (Å²) in [5.41, 5.74) is 6.73. The third-order valence-corrected chi connectivity index (χ3v) is 6.54. The second-order valence-corrected chi connectivity index (χ2v) is 9.19. The number of carbonyl (C=O) groups excluding carboxylic acids is 1. The first-order valence-electron chi connectivity index (χ1n) is 10.0. The predicted molar refractivity (Wildman–Crippen MR) is 123 cm³/mol. The van der Waals surface area contributed by atoms with Gasteiger partial charge in [-0.1, -0.05) is 24.3 Å². The monoisotopic (exact) mass is 455 g/mol. The van der Waals surface area contributed by atoms with E-state index in [1.54, 1.807) is 68.7 Å². The molecule has 168 valence electrons. The third-order valence-electron chi connectivity index (χ3n) is 4.75. The molecule has 0 atom stereocenters. The SMILES string of the molecule is CN(C)C(=O)CN(c1cccc(OCC[n+]2ccc(N)cc2)c1)S(=O)(=O)c1ccccc1. The Morgan fingerprint density at radius 2 is 1.69 bits per heavy atom. The molecule has 0 aliphatic carbocycles. The lowest BCUT2D eigenvalue weighted by Gasteiger charge is -2.25. The molecule has 0 spiro atoms. The van der Waals surface area contributed by atoms with E-state index in [9.17, 15) is 13.2 Å². The molecular formula is C23H27N4O4S+. The zero-order valence-electron chi connectivity index (χ0n) is 18.1. The topological polar surface area (TPSA) is 96.8 Å². The van der Waals surface area contributed by atoms with E-state index in [-0.39, 0.29) is 17.3 Å². The molecule has 0 unspecified atom stereocenters. The van der Waals surface area contributed by atoms with Gasteiger partial charge in [-0.15, -0.1) is 0 Å². The van der Waals surface area contributed by atoms with Crippen LogP contribution in [0.4, 0.5) is 11.4 Å². The van der Waals surface area contributed by atoms with Crippen LogP contribution in [0.5, 0.6) is 5.75 Å². The Morgan fingerprint density at radius 1 is 1.00 bits per heavy atom. The van der Waals surface area contributed by atoms with Crippen LogP contribution in [0, 0.1) is 0 Å². The number of carbonyl (C=O) groups is 1. The molecule has 0 aliphatic rings. The molecule has 2 N–H and O–H groups in total. The maximum absolute atomic E-state index is 13.3. The number of amides is 1. The van der Waals surface area contributed by atoms with Crippen molar-refractivity contribution < 1.29 is 22.5 Å². The van der Waals surface area contributed by atoms with Gasteiger partial charge in [-0.3, -0.25) is 9.10 Å². The fourth-order valence-corrected chi connectivity index (χ4v) is 4.34. The second kappa shape index (κ2) is 10.1. The van der Waals surface area contributed by atoms with Crippen molar-refractivity contribution in [2.75, 3.05) is 37.3 Å². The van der Waals surface area contributed by atoms with Crippen LogP contribution in [-0.4, -0.2) is 46.5 Å². The van der Waals surface area contributed by atoms with E-state index in [2.05, 4.69) is 0 Å². The number of aromatic nitrogens is 1. The van der Waals surface area contributed by atoms with Crippen molar-refractivity contribution in [1.82, 2.24) is 4.90 Å². The van der Waals surface area contributed by atoms with E-state index in [1.165, 1.54) is 17.0 Å². The molecule has 32 heavy (non-hydrogen) atoms. The largest absolute Gasteiger partial charge is 0.487 e. The number of ether oxygens (including phenoxy) is 1. The summed E-state index contributed by atoms with van der Waals surface area (Å²) >= 11 is 0. The first-order chi connectivity index (χ1) is 15.3. The molecule has 0 bridgehead atoms. The normalized spacial score (nSPS) is 11.1. The Hall–Kier alpha value is -3.59. The maximum atomic E-state index is 13.3. The lowest BCUT2D eigenvalue weighted by Crippen LogP contribution is -2.40. The molecule has 1 heterocycles. The van der Waals surface area contributed by atoms with Gasteiger partial charge in [0, 0.05) is 38.0 Å². The molecule has 0 saturated carbocycles. The van der Waals surface area contributed by atoms with Gasteiger partial charge < -0.3 is 15.4 Å². The summed E-state index contributed by atoms with van der Waals surface area (Å²) in [7, 11) is -0.778. The number of nitrogen functional groups attached to an aromatic ring is 1.